The zero-order valence-electron chi connectivity index (χ0n) is 10.0. The zero-order chi connectivity index (χ0) is 13.8. The monoisotopic (exact) mass is 284 g/mol. The molecule has 2 aromatic rings. The lowest BCUT2D eigenvalue weighted by Crippen LogP contribution is -2.04. The second-order valence-corrected chi connectivity index (χ2v) is 4.14. The maximum Gasteiger partial charge on any atom is 0.315 e. The Morgan fingerprint density at radius 2 is 2.32 bits per heavy atom. The van der Waals surface area contributed by atoms with Crippen molar-refractivity contribution in [2.45, 2.75) is 12.8 Å². The molecule has 1 heterocycles. The highest BCUT2D eigenvalue weighted by Gasteiger charge is 2.14. The quantitative estimate of drug-likeness (QED) is 0.805. The van der Waals surface area contributed by atoms with Crippen LogP contribution in [0.2, 0.25) is 5.02 Å². The van der Waals surface area contributed by atoms with Crippen LogP contribution in [0.3, 0.4) is 0 Å². The maximum absolute atomic E-state index is 13.6. The van der Waals surface area contributed by atoms with Crippen molar-refractivity contribution in [1.29, 1.82) is 0 Å². The molecule has 0 saturated heterocycles. The van der Waals surface area contributed by atoms with E-state index >= 15 is 0 Å². The van der Waals surface area contributed by atoms with Crippen LogP contribution < -0.4 is 0 Å². The van der Waals surface area contributed by atoms with Crippen LogP contribution in [0.4, 0.5) is 4.39 Å². The molecule has 0 radical (unpaired) electrons. The summed E-state index contributed by atoms with van der Waals surface area (Å²) in [5.41, 5.74) is 0.287. The van der Waals surface area contributed by atoms with E-state index in [1.54, 1.807) is 6.07 Å². The van der Waals surface area contributed by atoms with Crippen LogP contribution in [-0.2, 0) is 22.4 Å². The smallest absolute Gasteiger partial charge is 0.315 e. The molecule has 1 aromatic carbocycles. The van der Waals surface area contributed by atoms with Crippen LogP contribution in [0.5, 0.6) is 0 Å². The zero-order valence-corrected chi connectivity index (χ0v) is 10.8. The van der Waals surface area contributed by atoms with Gasteiger partial charge in [-0.2, -0.15) is 4.98 Å². The van der Waals surface area contributed by atoms with Crippen LogP contribution in [0.25, 0.3) is 0 Å². The molecule has 0 N–H and O–H groups in total. The van der Waals surface area contributed by atoms with Crippen molar-refractivity contribution in [3.63, 3.8) is 0 Å². The van der Waals surface area contributed by atoms with E-state index < -0.39 is 11.8 Å². The molecular weight excluding hydrogens is 275 g/mol. The Hall–Kier alpha value is -1.95. The van der Waals surface area contributed by atoms with Crippen molar-refractivity contribution < 1.29 is 18.4 Å². The number of hydrogen-bond donors (Lipinski definition) is 0. The third-order valence-corrected chi connectivity index (χ3v) is 2.78. The highest BCUT2D eigenvalue weighted by molar-refractivity contribution is 6.31. The molecule has 0 saturated carbocycles. The van der Waals surface area contributed by atoms with Gasteiger partial charge in [0.25, 0.3) is 0 Å². The van der Waals surface area contributed by atoms with Gasteiger partial charge in [-0.1, -0.05) is 22.8 Å². The number of nitrogens with zero attached hydrogens (tertiary/aromatic N) is 2. The Kier molecular flexibility index (Phi) is 4.11. The minimum atomic E-state index is -0.487. The van der Waals surface area contributed by atoms with Crippen LogP contribution in [0, 0.1) is 5.82 Å². The lowest BCUT2D eigenvalue weighted by molar-refractivity contribution is -0.140. The van der Waals surface area contributed by atoms with Crippen LogP contribution >= 0.6 is 11.6 Å². The average molecular weight is 285 g/mol. The molecular formula is C12H10ClFN2O3. The second kappa shape index (κ2) is 5.79. The predicted octanol–water partition coefficient (Wildman–Crippen LogP) is 2.17. The molecule has 0 bridgehead atoms. The molecule has 0 amide bonds. The van der Waals surface area contributed by atoms with Gasteiger partial charge in [-0.15, -0.1) is 0 Å². The molecule has 19 heavy (non-hydrogen) atoms. The maximum atomic E-state index is 13.6. The first-order valence-corrected chi connectivity index (χ1v) is 5.79. The van der Waals surface area contributed by atoms with Gasteiger partial charge in [0.05, 0.1) is 7.11 Å². The molecule has 0 aliphatic heterocycles. The first-order chi connectivity index (χ1) is 9.10. The number of rotatable bonds is 4. The molecule has 0 fully saturated rings. The van der Waals surface area contributed by atoms with E-state index in [9.17, 15) is 9.18 Å². The minimum Gasteiger partial charge on any atom is -0.469 e. The summed E-state index contributed by atoms with van der Waals surface area (Å²) in [4.78, 5) is 15.0. The van der Waals surface area contributed by atoms with Crippen molar-refractivity contribution in [3.8, 4) is 0 Å². The molecule has 5 nitrogen and oxygen atoms in total. The topological polar surface area (TPSA) is 65.2 Å². The minimum absolute atomic E-state index is 0.0934. The van der Waals surface area contributed by atoms with Crippen LogP contribution in [0.15, 0.2) is 22.7 Å². The van der Waals surface area contributed by atoms with Gasteiger partial charge in [-0.05, 0) is 12.1 Å². The Labute approximate surface area is 113 Å². The SMILES string of the molecule is COC(=O)Cc1nc(Cc2c(F)cccc2Cl)no1. The number of hydrogen-bond acceptors (Lipinski definition) is 5. The second-order valence-electron chi connectivity index (χ2n) is 3.73. The number of ether oxygens (including phenoxy) is 1. The third-order valence-electron chi connectivity index (χ3n) is 2.43. The van der Waals surface area contributed by atoms with Gasteiger partial charge in [0, 0.05) is 17.0 Å². The highest BCUT2D eigenvalue weighted by Crippen LogP contribution is 2.21. The molecule has 0 aliphatic carbocycles. The van der Waals surface area contributed by atoms with Crippen LogP contribution in [-0.4, -0.2) is 23.2 Å². The summed E-state index contributed by atoms with van der Waals surface area (Å²) in [5.74, 6) is -0.550. The average Bonchev–Trinajstić information content (AvgIpc) is 2.81. The van der Waals surface area contributed by atoms with Crippen molar-refractivity contribution >= 4 is 17.6 Å². The molecule has 0 unspecified atom stereocenters. The fourth-order valence-electron chi connectivity index (χ4n) is 1.49. The third kappa shape index (κ3) is 3.29. The molecule has 2 rings (SSSR count). The molecule has 0 aliphatic rings. The van der Waals surface area contributed by atoms with Crippen molar-refractivity contribution in [1.82, 2.24) is 10.1 Å². The van der Waals surface area contributed by atoms with E-state index in [0.29, 0.717) is 5.02 Å². The summed E-state index contributed by atoms with van der Waals surface area (Å²) in [6, 6.07) is 4.39. The van der Waals surface area contributed by atoms with Gasteiger partial charge in [0.1, 0.15) is 12.2 Å². The number of halogens is 2. The lowest BCUT2D eigenvalue weighted by Gasteiger charge is -2.01. The van der Waals surface area contributed by atoms with Gasteiger partial charge < -0.3 is 9.26 Å². The fraction of sp³-hybridized carbons (Fsp3) is 0.250. The number of carbonyl (C=O) groups excluding carboxylic acids is 1. The molecule has 0 spiro atoms. The summed E-state index contributed by atoms with van der Waals surface area (Å²) in [7, 11) is 1.26. The highest BCUT2D eigenvalue weighted by atomic mass is 35.5. The lowest BCUT2D eigenvalue weighted by atomic mass is 10.1. The normalized spacial score (nSPS) is 10.5. The Morgan fingerprint density at radius 3 is 3.00 bits per heavy atom. The Morgan fingerprint density at radius 1 is 1.53 bits per heavy atom. The largest absolute Gasteiger partial charge is 0.469 e. The summed E-state index contributed by atoms with van der Waals surface area (Å²) < 4.78 is 22.9. The van der Waals surface area contributed by atoms with E-state index in [1.807, 2.05) is 0 Å². The number of aromatic nitrogens is 2. The summed E-state index contributed by atoms with van der Waals surface area (Å²) in [6.45, 7) is 0. The van der Waals surface area contributed by atoms with Gasteiger partial charge in [0.2, 0.25) is 5.89 Å². The fourth-order valence-corrected chi connectivity index (χ4v) is 1.72. The van der Waals surface area contributed by atoms with Gasteiger partial charge in [-0.3, -0.25) is 4.79 Å². The Bertz CT molecular complexity index is 580. The van der Waals surface area contributed by atoms with Crippen molar-refractivity contribution in [2.75, 3.05) is 7.11 Å². The predicted molar refractivity (Wildman–Crippen MR) is 64.2 cm³/mol. The van der Waals surface area contributed by atoms with Crippen molar-refractivity contribution in [3.05, 3.63) is 46.3 Å². The standard InChI is InChI=1S/C12H10ClFN2O3/c1-18-12(17)6-11-15-10(16-19-11)5-7-8(13)3-2-4-9(7)14/h2-4H,5-6H2,1H3. The summed E-state index contributed by atoms with van der Waals surface area (Å²) in [5, 5.41) is 3.95. The van der Waals surface area contributed by atoms with Crippen LogP contribution in [0.1, 0.15) is 17.3 Å². The van der Waals surface area contributed by atoms with E-state index in [-0.39, 0.29) is 30.1 Å². The van der Waals surface area contributed by atoms with E-state index in [2.05, 4.69) is 14.9 Å². The van der Waals surface area contributed by atoms with E-state index in [0.717, 1.165) is 0 Å². The molecule has 0 atom stereocenters. The first kappa shape index (κ1) is 13.5. The summed E-state index contributed by atoms with van der Waals surface area (Å²) >= 11 is 5.89. The molecule has 7 heteroatoms. The van der Waals surface area contributed by atoms with Gasteiger partial charge in [-0.25, -0.2) is 4.39 Å². The van der Waals surface area contributed by atoms with Gasteiger partial charge >= 0.3 is 5.97 Å². The number of carbonyl (C=O) groups is 1. The first-order valence-electron chi connectivity index (χ1n) is 5.41. The van der Waals surface area contributed by atoms with Crippen molar-refractivity contribution in [2.24, 2.45) is 0 Å². The number of esters is 1. The summed E-state index contributed by atoms with van der Waals surface area (Å²) in [6.07, 6.45) is -0.0231. The molecule has 1 aromatic heterocycles. The number of benzene rings is 1. The Balaban J connectivity index is 2.14. The molecule has 100 valence electrons. The van der Waals surface area contributed by atoms with E-state index in [1.165, 1.54) is 19.2 Å². The number of methoxy groups -OCH3 is 1. The van der Waals surface area contributed by atoms with E-state index in [4.69, 9.17) is 16.1 Å². The van der Waals surface area contributed by atoms with Gasteiger partial charge in [0.15, 0.2) is 5.82 Å².